The van der Waals surface area contributed by atoms with Crippen LogP contribution in [0.4, 0.5) is 0 Å². The van der Waals surface area contributed by atoms with Gasteiger partial charge in [-0.1, -0.05) is 74.0 Å². The van der Waals surface area contributed by atoms with Crippen LogP contribution in [0.5, 0.6) is 0 Å². The highest BCUT2D eigenvalue weighted by Gasteiger charge is 2.31. The lowest BCUT2D eigenvalue weighted by Crippen LogP contribution is -2.43. The predicted octanol–water partition coefficient (Wildman–Crippen LogP) is 8.20. The van der Waals surface area contributed by atoms with Crippen LogP contribution in [0.15, 0.2) is 104 Å². The van der Waals surface area contributed by atoms with E-state index in [2.05, 4.69) is 62.8 Å². The summed E-state index contributed by atoms with van der Waals surface area (Å²) in [4.78, 5) is 45.7. The molecule has 0 radical (unpaired) electrons. The summed E-state index contributed by atoms with van der Waals surface area (Å²) in [7, 11) is 0. The molecule has 3 aromatic heterocycles. The number of hydrogen-bond acceptors (Lipinski definition) is 7. The zero-order chi connectivity index (χ0) is 38.0. The van der Waals surface area contributed by atoms with Gasteiger partial charge in [-0.25, -0.2) is 9.78 Å². The maximum atomic E-state index is 14.3. The van der Waals surface area contributed by atoms with Crippen LogP contribution in [0.2, 0.25) is 0 Å². The average Bonchev–Trinajstić information content (AvgIpc) is 3.81. The topological polar surface area (TPSA) is 93.5 Å². The van der Waals surface area contributed by atoms with E-state index in [1.165, 1.54) is 18.4 Å². The number of carbonyl (C=O) groups is 2. The normalized spacial score (nSPS) is 14.3. The van der Waals surface area contributed by atoms with E-state index in [0.717, 1.165) is 64.6 Å². The SMILES string of the molecule is CCOC(=O)C(CC(C)C)N(C=CCc1cccc(C(=CCN2CCCC2)c2ccc(C)cc2)n1)C(=O)c1ccc(Cn2c(C)nc3cnccc32)cc1. The molecular weight excluding hydrogens is 673 g/mol. The lowest BCUT2D eigenvalue weighted by Gasteiger charge is -2.28. The molecule has 5 aromatic rings. The number of likely N-dealkylation sites (tertiary alicyclic amines) is 1. The molecule has 1 amide bonds. The molecule has 1 unspecified atom stereocenters. The number of nitrogens with zero attached hydrogens (tertiary/aromatic N) is 6. The first-order chi connectivity index (χ1) is 26.2. The largest absolute Gasteiger partial charge is 0.464 e. The lowest BCUT2D eigenvalue weighted by molar-refractivity contribution is -0.148. The van der Waals surface area contributed by atoms with Crippen molar-refractivity contribution in [3.63, 3.8) is 0 Å². The number of imidazole rings is 1. The monoisotopic (exact) mass is 724 g/mol. The van der Waals surface area contributed by atoms with Crippen molar-refractivity contribution in [3.05, 3.63) is 143 Å². The van der Waals surface area contributed by atoms with Crippen molar-refractivity contribution in [1.29, 1.82) is 0 Å². The highest BCUT2D eigenvalue weighted by Crippen LogP contribution is 2.25. The molecule has 0 spiro atoms. The fraction of sp³-hybridized carbons (Fsp3) is 0.356. The van der Waals surface area contributed by atoms with Crippen molar-refractivity contribution in [2.75, 3.05) is 26.2 Å². The average molecular weight is 725 g/mol. The molecule has 1 saturated heterocycles. The van der Waals surface area contributed by atoms with Crippen molar-refractivity contribution in [2.45, 2.75) is 72.9 Å². The molecule has 0 saturated carbocycles. The summed E-state index contributed by atoms with van der Waals surface area (Å²) in [5, 5.41) is 0. The minimum atomic E-state index is -0.775. The Bertz CT molecular complexity index is 2090. The molecule has 4 heterocycles. The second-order valence-electron chi connectivity index (χ2n) is 14.5. The first kappa shape index (κ1) is 38.3. The van der Waals surface area contributed by atoms with Crippen LogP contribution >= 0.6 is 0 Å². The molecule has 1 aliphatic heterocycles. The number of ether oxygens (including phenoxy) is 1. The number of aromatic nitrogens is 4. The van der Waals surface area contributed by atoms with Gasteiger partial charge < -0.3 is 14.2 Å². The van der Waals surface area contributed by atoms with Gasteiger partial charge in [-0.3, -0.25) is 19.7 Å². The molecule has 1 aliphatic rings. The third-order valence-corrected chi connectivity index (χ3v) is 9.90. The van der Waals surface area contributed by atoms with Crippen LogP contribution in [0, 0.1) is 19.8 Å². The van der Waals surface area contributed by atoms with Crippen LogP contribution in [-0.4, -0.2) is 73.5 Å². The van der Waals surface area contributed by atoms with Gasteiger partial charge in [-0.2, -0.15) is 0 Å². The second-order valence-corrected chi connectivity index (χ2v) is 14.5. The van der Waals surface area contributed by atoms with Gasteiger partial charge >= 0.3 is 5.97 Å². The van der Waals surface area contributed by atoms with Gasteiger partial charge in [-0.05, 0) is 100 Å². The van der Waals surface area contributed by atoms with E-state index in [4.69, 9.17) is 9.72 Å². The van der Waals surface area contributed by atoms with E-state index in [1.54, 1.807) is 30.4 Å². The first-order valence-corrected chi connectivity index (χ1v) is 19.2. The zero-order valence-corrected chi connectivity index (χ0v) is 32.2. The Balaban J connectivity index is 1.25. The molecule has 1 fully saturated rings. The van der Waals surface area contributed by atoms with Crippen molar-refractivity contribution in [1.82, 2.24) is 29.3 Å². The molecule has 0 bridgehead atoms. The maximum Gasteiger partial charge on any atom is 0.329 e. The Morgan fingerprint density at radius 3 is 2.39 bits per heavy atom. The number of aryl methyl sites for hydroxylation is 2. The van der Waals surface area contributed by atoms with Gasteiger partial charge in [0.1, 0.15) is 17.4 Å². The Morgan fingerprint density at radius 1 is 0.926 bits per heavy atom. The fourth-order valence-corrected chi connectivity index (χ4v) is 7.03. The van der Waals surface area contributed by atoms with Crippen molar-refractivity contribution in [2.24, 2.45) is 5.92 Å². The summed E-state index contributed by atoms with van der Waals surface area (Å²) >= 11 is 0. The summed E-state index contributed by atoms with van der Waals surface area (Å²) in [6, 6.07) is 23.5. The minimum absolute atomic E-state index is 0.153. The third kappa shape index (κ3) is 9.57. The standard InChI is InChI=1S/C45H52N6O3/c1-6-54-45(53)43(29-32(2)3)50(44(52)37-20-16-35(17-21-37)31-51-34(5)47-41-30-46-24-22-42(41)51)27-10-12-38-11-9-13-40(48-38)39(23-28-49-25-7-8-26-49)36-18-14-33(4)15-19-36/h9-11,13-24,27,30,32,43H,6-8,12,25-26,28-29,31H2,1-5H3. The molecule has 1 atom stereocenters. The number of fused-ring (bicyclic) bond motifs is 1. The van der Waals surface area contributed by atoms with Gasteiger partial charge in [-0.15, -0.1) is 0 Å². The highest BCUT2D eigenvalue weighted by molar-refractivity contribution is 5.97. The van der Waals surface area contributed by atoms with Crippen LogP contribution in [-0.2, 0) is 22.5 Å². The zero-order valence-electron chi connectivity index (χ0n) is 32.2. The summed E-state index contributed by atoms with van der Waals surface area (Å²) in [5.74, 6) is 0.369. The highest BCUT2D eigenvalue weighted by atomic mass is 16.5. The Labute approximate surface area is 319 Å². The first-order valence-electron chi connectivity index (χ1n) is 19.2. The number of carbonyl (C=O) groups excluding carboxylic acids is 2. The molecule has 0 N–H and O–H groups in total. The number of benzene rings is 2. The molecular formula is C45H52N6O3. The van der Waals surface area contributed by atoms with E-state index >= 15 is 0 Å². The number of allylic oxidation sites excluding steroid dienone is 1. The summed E-state index contributed by atoms with van der Waals surface area (Å²) in [6.45, 7) is 13.9. The van der Waals surface area contributed by atoms with Gasteiger partial charge in [0.25, 0.3) is 5.91 Å². The smallest absolute Gasteiger partial charge is 0.329 e. The molecule has 6 rings (SSSR count). The Morgan fingerprint density at radius 2 is 1.67 bits per heavy atom. The minimum Gasteiger partial charge on any atom is -0.464 e. The second kappa shape index (κ2) is 18.1. The van der Waals surface area contributed by atoms with Gasteiger partial charge in [0.15, 0.2) is 0 Å². The maximum absolute atomic E-state index is 14.3. The van der Waals surface area contributed by atoms with Crippen LogP contribution in [0.3, 0.4) is 0 Å². The molecule has 9 heteroatoms. The van der Waals surface area contributed by atoms with E-state index in [9.17, 15) is 9.59 Å². The summed E-state index contributed by atoms with van der Waals surface area (Å²) in [6.07, 6.45) is 12.9. The van der Waals surface area contributed by atoms with Crippen molar-refractivity contribution < 1.29 is 14.3 Å². The number of amides is 1. The molecule has 0 aliphatic carbocycles. The molecule has 9 nitrogen and oxygen atoms in total. The Hall–Kier alpha value is -5.41. The van der Waals surface area contributed by atoms with Crippen molar-refractivity contribution >= 4 is 28.5 Å². The van der Waals surface area contributed by atoms with E-state index < -0.39 is 12.0 Å². The predicted molar refractivity (Wildman–Crippen MR) is 215 cm³/mol. The number of esters is 1. The number of hydrogen-bond donors (Lipinski definition) is 0. The molecule has 54 heavy (non-hydrogen) atoms. The lowest BCUT2D eigenvalue weighted by atomic mass is 10.00. The molecule has 280 valence electrons. The van der Waals surface area contributed by atoms with Gasteiger partial charge in [0.05, 0.1) is 24.0 Å². The van der Waals surface area contributed by atoms with Gasteiger partial charge in [0.2, 0.25) is 0 Å². The number of rotatable bonds is 15. The van der Waals surface area contributed by atoms with Crippen LogP contribution in [0.1, 0.15) is 84.3 Å². The molecule has 2 aromatic carbocycles. The van der Waals surface area contributed by atoms with E-state index in [-0.39, 0.29) is 18.4 Å². The fourth-order valence-electron chi connectivity index (χ4n) is 7.03. The van der Waals surface area contributed by atoms with Gasteiger partial charge in [0, 0.05) is 48.7 Å². The quantitative estimate of drug-likeness (QED) is 0.101. The van der Waals surface area contributed by atoms with E-state index in [0.29, 0.717) is 24.9 Å². The summed E-state index contributed by atoms with van der Waals surface area (Å²) in [5.41, 5.74) is 8.63. The van der Waals surface area contributed by atoms with Crippen LogP contribution < -0.4 is 0 Å². The van der Waals surface area contributed by atoms with E-state index in [1.807, 2.05) is 69.3 Å². The Kier molecular flexibility index (Phi) is 12.8. The number of pyridine rings is 2. The third-order valence-electron chi connectivity index (χ3n) is 9.90. The summed E-state index contributed by atoms with van der Waals surface area (Å²) < 4.78 is 7.65. The van der Waals surface area contributed by atoms with Crippen molar-refractivity contribution in [3.8, 4) is 0 Å². The van der Waals surface area contributed by atoms with Crippen LogP contribution in [0.25, 0.3) is 16.6 Å².